The predicted molar refractivity (Wildman–Crippen MR) is 49.5 cm³/mol. The Labute approximate surface area is 74.7 Å². The zero-order valence-electron chi connectivity index (χ0n) is 7.13. The van der Waals surface area contributed by atoms with Gasteiger partial charge in [-0.25, -0.2) is 5.53 Å². The minimum atomic E-state index is 0.0738. The van der Waals surface area contributed by atoms with Gasteiger partial charge in [-0.3, -0.25) is 0 Å². The highest BCUT2D eigenvalue weighted by atomic mass is 16.3. The smallest absolute Gasteiger partial charge is 0.198 e. The molecule has 66 valence electrons. The van der Waals surface area contributed by atoms with Gasteiger partial charge in [0.15, 0.2) is 11.7 Å². The molecule has 0 atom stereocenters. The van der Waals surface area contributed by atoms with E-state index in [0.717, 1.165) is 10.9 Å². The van der Waals surface area contributed by atoms with E-state index in [4.69, 9.17) is 5.53 Å². The predicted octanol–water partition coefficient (Wildman–Crippen LogP) is 2.84. The van der Waals surface area contributed by atoms with E-state index in [-0.39, 0.29) is 5.88 Å². The van der Waals surface area contributed by atoms with Gasteiger partial charge in [-0.15, -0.1) is 5.11 Å². The van der Waals surface area contributed by atoms with E-state index in [1.54, 1.807) is 0 Å². The number of aromatic amines is 1. The normalized spacial score (nSPS) is 10.5. The van der Waals surface area contributed by atoms with Crippen LogP contribution in [-0.4, -0.2) is 10.1 Å². The lowest BCUT2D eigenvalue weighted by molar-refractivity contribution is 0.463. The number of fused-ring (bicyclic) bond motifs is 1. The summed E-state index contributed by atoms with van der Waals surface area (Å²) in [6.07, 6.45) is 0. The van der Waals surface area contributed by atoms with Crippen LogP contribution in [-0.2, 0) is 0 Å². The highest BCUT2D eigenvalue weighted by Crippen LogP contribution is 2.32. The van der Waals surface area contributed by atoms with Crippen LogP contribution >= 0.6 is 0 Å². The van der Waals surface area contributed by atoms with Gasteiger partial charge in [0.25, 0.3) is 0 Å². The summed E-state index contributed by atoms with van der Waals surface area (Å²) in [5, 5.41) is 14.2. The number of aromatic nitrogens is 1. The Kier molecular flexibility index (Phi) is 1.55. The van der Waals surface area contributed by atoms with Crippen molar-refractivity contribution in [1.29, 1.82) is 5.53 Å². The molecule has 1 aromatic carbocycles. The van der Waals surface area contributed by atoms with Crippen molar-refractivity contribution >= 4 is 16.6 Å². The molecule has 4 heteroatoms. The third-order valence-corrected chi connectivity index (χ3v) is 2.03. The average molecular weight is 175 g/mol. The number of benzene rings is 1. The number of H-pyrrole nitrogens is 1. The molecule has 0 aliphatic carbocycles. The molecule has 2 aromatic rings. The molecular formula is C9H9N3O. The van der Waals surface area contributed by atoms with E-state index in [1.807, 2.05) is 25.1 Å². The topological polar surface area (TPSA) is 72.2 Å². The maximum absolute atomic E-state index is 9.45. The van der Waals surface area contributed by atoms with Crippen LogP contribution in [0.1, 0.15) is 5.56 Å². The first kappa shape index (κ1) is 7.79. The molecular weight excluding hydrogens is 166 g/mol. The number of nitrogens with one attached hydrogen (secondary N) is 2. The Morgan fingerprint density at radius 2 is 2.15 bits per heavy atom. The number of hydrogen-bond acceptors (Lipinski definition) is 3. The van der Waals surface area contributed by atoms with Crippen molar-refractivity contribution in [2.75, 3.05) is 0 Å². The molecule has 0 bridgehead atoms. The van der Waals surface area contributed by atoms with Crippen molar-refractivity contribution in [2.45, 2.75) is 6.92 Å². The number of rotatable bonds is 1. The van der Waals surface area contributed by atoms with E-state index >= 15 is 0 Å². The van der Waals surface area contributed by atoms with E-state index in [2.05, 4.69) is 10.1 Å². The number of aryl methyl sites for hydroxylation is 1. The van der Waals surface area contributed by atoms with Crippen LogP contribution in [0.3, 0.4) is 0 Å². The van der Waals surface area contributed by atoms with Gasteiger partial charge >= 0.3 is 0 Å². The molecule has 1 aromatic heterocycles. The molecule has 0 saturated heterocycles. The Hall–Kier alpha value is -1.84. The van der Waals surface area contributed by atoms with E-state index < -0.39 is 0 Å². The van der Waals surface area contributed by atoms with E-state index in [9.17, 15) is 5.11 Å². The second-order valence-corrected chi connectivity index (χ2v) is 2.98. The van der Waals surface area contributed by atoms with Crippen LogP contribution < -0.4 is 0 Å². The molecule has 0 spiro atoms. The van der Waals surface area contributed by atoms with Gasteiger partial charge in [-0.1, -0.05) is 17.7 Å². The molecule has 0 saturated carbocycles. The third kappa shape index (κ3) is 1.07. The third-order valence-electron chi connectivity index (χ3n) is 2.03. The summed E-state index contributed by atoms with van der Waals surface area (Å²) in [4.78, 5) is 2.63. The maximum atomic E-state index is 9.45. The zero-order valence-corrected chi connectivity index (χ0v) is 7.13. The fourth-order valence-corrected chi connectivity index (χ4v) is 1.40. The second kappa shape index (κ2) is 2.58. The summed E-state index contributed by atoms with van der Waals surface area (Å²) in [5.74, 6) is 0.470. The summed E-state index contributed by atoms with van der Waals surface area (Å²) < 4.78 is 0. The number of hydrogen-bond donors (Lipinski definition) is 3. The molecule has 0 aliphatic heterocycles. The molecule has 0 unspecified atom stereocenters. The van der Waals surface area contributed by atoms with Crippen molar-refractivity contribution in [1.82, 2.24) is 4.98 Å². The summed E-state index contributed by atoms with van der Waals surface area (Å²) in [6.45, 7) is 1.95. The van der Waals surface area contributed by atoms with Crippen molar-refractivity contribution < 1.29 is 5.11 Å². The molecule has 0 amide bonds. The van der Waals surface area contributed by atoms with Crippen LogP contribution in [0.25, 0.3) is 10.8 Å². The molecule has 0 aliphatic rings. The molecule has 13 heavy (non-hydrogen) atoms. The highest BCUT2D eigenvalue weighted by Gasteiger charge is 2.07. The highest BCUT2D eigenvalue weighted by molar-refractivity contribution is 5.96. The van der Waals surface area contributed by atoms with Crippen molar-refractivity contribution in [3.05, 3.63) is 23.8 Å². The van der Waals surface area contributed by atoms with E-state index in [1.165, 1.54) is 0 Å². The molecule has 0 radical (unpaired) electrons. The summed E-state index contributed by atoms with van der Waals surface area (Å²) in [5.41, 5.74) is 7.94. The maximum Gasteiger partial charge on any atom is 0.198 e. The summed E-state index contributed by atoms with van der Waals surface area (Å²) in [6, 6.07) is 5.62. The Morgan fingerprint density at radius 1 is 1.38 bits per heavy atom. The van der Waals surface area contributed by atoms with Crippen LogP contribution in [0.5, 0.6) is 5.88 Å². The van der Waals surface area contributed by atoms with Crippen molar-refractivity contribution in [3.8, 4) is 5.88 Å². The second-order valence-electron chi connectivity index (χ2n) is 2.98. The summed E-state index contributed by atoms with van der Waals surface area (Å²) in [7, 11) is 0. The molecule has 3 N–H and O–H groups in total. The fraction of sp³-hybridized carbons (Fsp3) is 0.111. The number of aromatic hydroxyl groups is 1. The standard InChI is InChI=1S/C9H9N3O/c1-5-2-3-6-7(4-5)9(13)11-8(6)12-10/h2-4,10-11,13H,1H3. The van der Waals surface area contributed by atoms with Gasteiger partial charge in [0.1, 0.15) is 0 Å². The van der Waals surface area contributed by atoms with Gasteiger partial charge in [0, 0.05) is 10.8 Å². The lowest BCUT2D eigenvalue weighted by Crippen LogP contribution is -1.69. The Bertz CT molecular complexity index is 473. The van der Waals surface area contributed by atoms with E-state index in [0.29, 0.717) is 11.2 Å². The number of nitrogens with zero attached hydrogens (tertiary/aromatic N) is 1. The minimum Gasteiger partial charge on any atom is -0.494 e. The first-order valence-corrected chi connectivity index (χ1v) is 3.91. The molecule has 1 heterocycles. The Morgan fingerprint density at radius 3 is 2.85 bits per heavy atom. The lowest BCUT2D eigenvalue weighted by Gasteiger charge is -1.92. The first-order chi connectivity index (χ1) is 6.22. The molecule has 2 rings (SSSR count). The Balaban J connectivity index is 2.88. The molecule has 0 fully saturated rings. The van der Waals surface area contributed by atoms with Gasteiger partial charge in [0.2, 0.25) is 0 Å². The lowest BCUT2D eigenvalue weighted by atomic mass is 10.1. The van der Waals surface area contributed by atoms with Crippen LogP contribution in [0.4, 0.5) is 5.82 Å². The fourth-order valence-electron chi connectivity index (χ4n) is 1.40. The van der Waals surface area contributed by atoms with Crippen molar-refractivity contribution in [2.24, 2.45) is 5.11 Å². The van der Waals surface area contributed by atoms with Gasteiger partial charge in [-0.2, -0.15) is 0 Å². The SMILES string of the molecule is Cc1ccc2c(N=N)[nH]c(O)c2c1. The molecule has 4 nitrogen and oxygen atoms in total. The van der Waals surface area contributed by atoms with Crippen LogP contribution in [0, 0.1) is 12.5 Å². The minimum absolute atomic E-state index is 0.0738. The average Bonchev–Trinajstić information content (AvgIpc) is 2.43. The quantitative estimate of drug-likeness (QED) is 0.573. The van der Waals surface area contributed by atoms with Crippen LogP contribution in [0.2, 0.25) is 0 Å². The van der Waals surface area contributed by atoms with Crippen molar-refractivity contribution in [3.63, 3.8) is 0 Å². The zero-order chi connectivity index (χ0) is 9.42. The van der Waals surface area contributed by atoms with Gasteiger partial charge < -0.3 is 10.1 Å². The monoisotopic (exact) mass is 175 g/mol. The van der Waals surface area contributed by atoms with Gasteiger partial charge in [0.05, 0.1) is 0 Å². The van der Waals surface area contributed by atoms with Gasteiger partial charge in [-0.05, 0) is 13.0 Å². The largest absolute Gasteiger partial charge is 0.494 e. The summed E-state index contributed by atoms with van der Waals surface area (Å²) >= 11 is 0. The first-order valence-electron chi connectivity index (χ1n) is 3.91. The van der Waals surface area contributed by atoms with Crippen LogP contribution in [0.15, 0.2) is 23.3 Å².